The molecule has 1 unspecified atom stereocenters. The highest BCUT2D eigenvalue weighted by Gasteiger charge is 2.18. The van der Waals surface area contributed by atoms with Gasteiger partial charge in [-0.05, 0) is 61.0 Å². The third-order valence-electron chi connectivity index (χ3n) is 5.35. The lowest BCUT2D eigenvalue weighted by Crippen LogP contribution is -2.33. The van der Waals surface area contributed by atoms with Crippen LogP contribution in [0.2, 0.25) is 0 Å². The van der Waals surface area contributed by atoms with E-state index in [-0.39, 0.29) is 12.1 Å². The molecule has 2 amide bonds. The van der Waals surface area contributed by atoms with Crippen molar-refractivity contribution in [3.63, 3.8) is 0 Å². The molecule has 0 bridgehead atoms. The Labute approximate surface area is 175 Å². The number of hydrogen-bond acceptors (Lipinski definition) is 3. The normalized spacial score (nSPS) is 11.8. The fourth-order valence-electron chi connectivity index (χ4n) is 3.36. The van der Waals surface area contributed by atoms with Gasteiger partial charge in [0.25, 0.3) is 0 Å². The zero-order chi connectivity index (χ0) is 21.1. The number of aromatic nitrogens is 2. The number of urea groups is 1. The average molecular weight is 400 g/mol. The van der Waals surface area contributed by atoms with Gasteiger partial charge in [0, 0.05) is 18.4 Å². The van der Waals surface area contributed by atoms with Crippen molar-refractivity contribution in [2.75, 3.05) is 19.5 Å². The highest BCUT2D eigenvalue weighted by atomic mass is 16.5. The second-order valence-electron chi connectivity index (χ2n) is 7.14. The Morgan fingerprint density at radius 3 is 2.43 bits per heavy atom. The van der Waals surface area contributed by atoms with E-state index in [9.17, 15) is 4.79 Å². The summed E-state index contributed by atoms with van der Waals surface area (Å²) in [5.41, 5.74) is 4.84. The van der Waals surface area contributed by atoms with Gasteiger partial charge in [-0.1, -0.05) is 24.3 Å². The maximum absolute atomic E-state index is 12.7. The zero-order valence-electron chi connectivity index (χ0n) is 17.2. The summed E-state index contributed by atoms with van der Waals surface area (Å²) < 4.78 is 7.21. The number of fused-ring (bicyclic) bond motifs is 1. The Morgan fingerprint density at radius 1 is 1.03 bits per heavy atom. The number of ether oxygens (including phenoxy) is 1. The summed E-state index contributed by atoms with van der Waals surface area (Å²) in [5, 5.41) is 2.92. The number of carbonyl (C=O) groups is 1. The maximum Gasteiger partial charge on any atom is 0.322 e. The van der Waals surface area contributed by atoms with Crippen molar-refractivity contribution < 1.29 is 9.53 Å². The van der Waals surface area contributed by atoms with Gasteiger partial charge < -0.3 is 15.0 Å². The lowest BCUT2D eigenvalue weighted by molar-refractivity contribution is 0.208. The van der Waals surface area contributed by atoms with E-state index >= 15 is 0 Å². The number of hydrogen-bond donors (Lipinski definition) is 1. The van der Waals surface area contributed by atoms with Crippen LogP contribution in [0.3, 0.4) is 0 Å². The van der Waals surface area contributed by atoms with E-state index in [1.165, 1.54) is 0 Å². The zero-order valence-corrected chi connectivity index (χ0v) is 17.2. The number of para-hydroxylation sites is 2. The number of imidazole rings is 1. The SMILES string of the molecule is COc1ccc(NC(=O)N(C)C(C)c2ccc(-n3cnc4ccccc43)cc2)cc1. The number of rotatable bonds is 5. The highest BCUT2D eigenvalue weighted by molar-refractivity contribution is 5.89. The van der Waals surface area contributed by atoms with Gasteiger partial charge in [-0.2, -0.15) is 0 Å². The molecule has 0 radical (unpaired) electrons. The van der Waals surface area contributed by atoms with Crippen molar-refractivity contribution in [3.05, 3.63) is 84.7 Å². The standard InChI is InChI=1S/C24H24N4O2/c1-17(27(2)24(29)26-19-10-14-21(30-3)15-11-19)18-8-12-20(13-9-18)28-16-25-22-6-4-5-7-23(22)28/h4-17H,1-3H3,(H,26,29). The molecular formula is C24H24N4O2. The number of nitrogens with one attached hydrogen (secondary N) is 1. The molecule has 4 rings (SSSR count). The first-order chi connectivity index (χ1) is 14.6. The molecule has 0 saturated carbocycles. The first kappa shape index (κ1) is 19.5. The number of methoxy groups -OCH3 is 1. The summed E-state index contributed by atoms with van der Waals surface area (Å²) in [6.07, 6.45) is 1.83. The van der Waals surface area contributed by atoms with Crippen molar-refractivity contribution in [3.8, 4) is 11.4 Å². The lowest BCUT2D eigenvalue weighted by Gasteiger charge is -2.26. The number of benzene rings is 3. The van der Waals surface area contributed by atoms with Crippen molar-refractivity contribution >= 4 is 22.8 Å². The van der Waals surface area contributed by atoms with Crippen LogP contribution in [0.5, 0.6) is 5.75 Å². The van der Waals surface area contributed by atoms with Crippen molar-refractivity contribution in [2.24, 2.45) is 0 Å². The summed E-state index contributed by atoms with van der Waals surface area (Å²) in [6.45, 7) is 2.01. The Bertz CT molecular complexity index is 1150. The molecule has 1 N–H and O–H groups in total. The predicted octanol–water partition coefficient (Wildman–Crippen LogP) is 5.26. The summed E-state index contributed by atoms with van der Waals surface area (Å²) in [4.78, 5) is 18.8. The summed E-state index contributed by atoms with van der Waals surface area (Å²) in [7, 11) is 3.41. The van der Waals surface area contributed by atoms with E-state index < -0.39 is 0 Å². The molecule has 1 heterocycles. The topological polar surface area (TPSA) is 59.4 Å². The summed E-state index contributed by atoms with van der Waals surface area (Å²) in [6, 6.07) is 23.3. The van der Waals surface area contributed by atoms with Crippen LogP contribution in [-0.2, 0) is 0 Å². The van der Waals surface area contributed by atoms with Crippen LogP contribution in [0.1, 0.15) is 18.5 Å². The van der Waals surface area contributed by atoms with Crippen LogP contribution in [0.15, 0.2) is 79.1 Å². The van der Waals surface area contributed by atoms with Gasteiger partial charge in [-0.3, -0.25) is 4.57 Å². The minimum absolute atomic E-state index is 0.0863. The monoisotopic (exact) mass is 400 g/mol. The van der Waals surface area contributed by atoms with Gasteiger partial charge >= 0.3 is 6.03 Å². The molecule has 6 nitrogen and oxygen atoms in total. The molecule has 0 aliphatic rings. The van der Waals surface area contributed by atoms with Gasteiger partial charge in [-0.15, -0.1) is 0 Å². The first-order valence-corrected chi connectivity index (χ1v) is 9.77. The Kier molecular flexibility index (Phi) is 5.39. The van der Waals surface area contributed by atoms with Crippen molar-refractivity contribution in [1.82, 2.24) is 14.5 Å². The molecule has 0 aliphatic heterocycles. The molecule has 1 atom stereocenters. The largest absolute Gasteiger partial charge is 0.497 e. The molecule has 6 heteroatoms. The van der Waals surface area contributed by atoms with Crippen molar-refractivity contribution in [2.45, 2.75) is 13.0 Å². The Morgan fingerprint density at radius 2 is 1.73 bits per heavy atom. The summed E-state index contributed by atoms with van der Waals surface area (Å²) in [5.74, 6) is 0.750. The van der Waals surface area contributed by atoms with Gasteiger partial charge in [0.15, 0.2) is 0 Å². The molecule has 3 aromatic carbocycles. The molecular weight excluding hydrogens is 376 g/mol. The molecule has 0 fully saturated rings. The number of amides is 2. The third kappa shape index (κ3) is 3.85. The Hall–Kier alpha value is -3.80. The quantitative estimate of drug-likeness (QED) is 0.497. The minimum Gasteiger partial charge on any atom is -0.497 e. The molecule has 0 spiro atoms. The average Bonchev–Trinajstić information content (AvgIpc) is 3.23. The van der Waals surface area contributed by atoms with E-state index in [1.54, 1.807) is 19.1 Å². The summed E-state index contributed by atoms with van der Waals surface area (Å²) >= 11 is 0. The molecule has 0 aliphatic carbocycles. The fraction of sp³-hybridized carbons (Fsp3) is 0.167. The molecule has 30 heavy (non-hydrogen) atoms. The lowest BCUT2D eigenvalue weighted by atomic mass is 10.1. The van der Waals surface area contributed by atoms with E-state index in [1.807, 2.05) is 67.8 Å². The van der Waals surface area contributed by atoms with Gasteiger partial charge in [0.2, 0.25) is 0 Å². The van der Waals surface area contributed by atoms with Crippen LogP contribution in [0.25, 0.3) is 16.7 Å². The molecule has 1 aromatic heterocycles. The fourth-order valence-corrected chi connectivity index (χ4v) is 3.36. The third-order valence-corrected chi connectivity index (χ3v) is 5.35. The highest BCUT2D eigenvalue weighted by Crippen LogP contribution is 2.24. The van der Waals surface area contributed by atoms with E-state index in [0.29, 0.717) is 0 Å². The minimum atomic E-state index is -0.169. The molecule has 4 aromatic rings. The first-order valence-electron chi connectivity index (χ1n) is 9.77. The van der Waals surface area contributed by atoms with Crippen LogP contribution < -0.4 is 10.1 Å². The number of carbonyl (C=O) groups excluding carboxylic acids is 1. The van der Waals surface area contributed by atoms with Crippen molar-refractivity contribution in [1.29, 1.82) is 0 Å². The predicted molar refractivity (Wildman–Crippen MR) is 119 cm³/mol. The number of anilines is 1. The van der Waals surface area contributed by atoms with Gasteiger partial charge in [-0.25, -0.2) is 9.78 Å². The second kappa shape index (κ2) is 8.29. The molecule has 152 valence electrons. The smallest absolute Gasteiger partial charge is 0.322 e. The van der Waals surface area contributed by atoms with E-state index in [4.69, 9.17) is 4.74 Å². The van der Waals surface area contributed by atoms with Crippen LogP contribution >= 0.6 is 0 Å². The maximum atomic E-state index is 12.7. The van der Waals surface area contributed by atoms with Crippen LogP contribution in [0, 0.1) is 0 Å². The Balaban J connectivity index is 1.47. The van der Waals surface area contributed by atoms with E-state index in [0.717, 1.165) is 33.7 Å². The van der Waals surface area contributed by atoms with Crippen LogP contribution in [-0.4, -0.2) is 34.6 Å². The van der Waals surface area contributed by atoms with Gasteiger partial charge in [0.1, 0.15) is 12.1 Å². The number of nitrogens with zero attached hydrogens (tertiary/aromatic N) is 3. The van der Waals surface area contributed by atoms with Crippen LogP contribution in [0.4, 0.5) is 10.5 Å². The van der Waals surface area contributed by atoms with Gasteiger partial charge in [0.05, 0.1) is 24.2 Å². The van der Waals surface area contributed by atoms with E-state index in [2.05, 4.69) is 33.1 Å². The second-order valence-corrected chi connectivity index (χ2v) is 7.14. The molecule has 0 saturated heterocycles.